The number of rotatable bonds is 5. The molecule has 9 aromatic carbocycles. The van der Waals surface area contributed by atoms with Crippen LogP contribution in [0.1, 0.15) is 17.8 Å². The Kier molecular flexibility index (Phi) is 4.45. The van der Waals surface area contributed by atoms with Crippen molar-refractivity contribution in [3.05, 3.63) is 194 Å². The average Bonchev–Trinajstić information content (AvgIpc) is 3.71. The minimum absolute atomic E-state index is 0.0382. The van der Waals surface area contributed by atoms with E-state index in [9.17, 15) is 5.48 Å². The number of furan rings is 1. The van der Waals surface area contributed by atoms with Crippen LogP contribution in [0.15, 0.2) is 198 Å². The van der Waals surface area contributed by atoms with Crippen LogP contribution in [0.25, 0.3) is 99.1 Å². The second-order valence-electron chi connectivity index (χ2n) is 12.3. The molecule has 0 aliphatic heterocycles. The molecule has 0 aliphatic rings. The topological polar surface area (TPSA) is 13.1 Å². The molecule has 0 atom stereocenters. The second-order valence-corrected chi connectivity index (χ2v) is 12.3. The molecule has 1 aromatic heterocycles. The zero-order valence-corrected chi connectivity index (χ0v) is 26.9. The summed E-state index contributed by atoms with van der Waals surface area (Å²) in [7, 11) is 0. The Morgan fingerprint density at radius 1 is 0.333 bits per heavy atom. The first kappa shape index (κ1) is 18.9. The molecule has 0 radical (unpaired) electrons. The maximum Gasteiger partial charge on any atom is 0.136 e. The van der Waals surface area contributed by atoms with Gasteiger partial charge >= 0.3 is 0 Å². The largest absolute Gasteiger partial charge is 0.456 e. The molecule has 0 amide bonds. The van der Waals surface area contributed by atoms with Crippen LogP contribution in [-0.2, 0) is 0 Å². The van der Waals surface area contributed by atoms with E-state index < -0.39 is 84.1 Å². The molecule has 51 heavy (non-hydrogen) atoms. The Hall–Kier alpha value is -6.70. The van der Waals surface area contributed by atoms with E-state index in [1.807, 2.05) is 78.9 Å². The molecule has 0 unspecified atom stereocenters. The first-order chi connectivity index (χ1) is 30.7. The molecule has 1 nitrogen and oxygen atoms in total. The van der Waals surface area contributed by atoms with Crippen molar-refractivity contribution in [2.45, 2.75) is 0 Å². The summed E-state index contributed by atoms with van der Waals surface area (Å²) in [6, 6.07) is 28.8. The monoisotopic (exact) mass is 661 g/mol. The molecule has 238 valence electrons. The lowest BCUT2D eigenvalue weighted by Gasteiger charge is -2.18. The van der Waals surface area contributed by atoms with E-state index in [0.717, 1.165) is 33.4 Å². The zero-order valence-electron chi connectivity index (χ0n) is 39.9. The van der Waals surface area contributed by atoms with Crippen LogP contribution >= 0.6 is 0 Å². The first-order valence-corrected chi connectivity index (χ1v) is 16.4. The van der Waals surface area contributed by atoms with Gasteiger partial charge in [0, 0.05) is 10.8 Å². The summed E-state index contributed by atoms with van der Waals surface area (Å²) in [6.07, 6.45) is 0. The normalized spacial score (nSPS) is 15.1. The third-order valence-corrected chi connectivity index (χ3v) is 9.37. The van der Waals surface area contributed by atoms with Gasteiger partial charge in [0.25, 0.3) is 0 Å². The molecule has 0 aliphatic carbocycles. The van der Waals surface area contributed by atoms with Gasteiger partial charge in [0.15, 0.2) is 0 Å². The van der Waals surface area contributed by atoms with Gasteiger partial charge in [0.05, 0.1) is 17.8 Å². The van der Waals surface area contributed by atoms with Crippen molar-refractivity contribution >= 4 is 43.5 Å². The van der Waals surface area contributed by atoms with E-state index >= 15 is 0 Å². The maximum absolute atomic E-state index is 9.45. The van der Waals surface area contributed by atoms with Crippen molar-refractivity contribution in [1.82, 2.24) is 0 Å². The standard InChI is InChI=1S/C50H32O/c1-4-15-33(16-5-1)37-29-38(34-17-6-2-7-18-34)31-39(30-37)36-27-28-46-45(32-36)50-44(25-14-26-47(50)51-46)49-42-23-12-10-21-40(42)48(35-19-8-3-9-20-35)41-22-11-13-24-43(41)49/h1-32H/i3D,8D,9D,10D,11D,12D,13D,19D,20D,21D,22D,23D,24D. The maximum atomic E-state index is 9.45. The highest BCUT2D eigenvalue weighted by Crippen LogP contribution is 2.47. The van der Waals surface area contributed by atoms with Crippen molar-refractivity contribution in [2.75, 3.05) is 0 Å². The van der Waals surface area contributed by atoms with Crippen LogP contribution in [0.5, 0.6) is 0 Å². The minimum atomic E-state index is -0.723. The van der Waals surface area contributed by atoms with Crippen LogP contribution in [-0.4, -0.2) is 0 Å². The predicted molar refractivity (Wildman–Crippen MR) is 216 cm³/mol. The average molecular weight is 662 g/mol. The zero-order chi connectivity index (χ0) is 45.0. The highest BCUT2D eigenvalue weighted by atomic mass is 16.3. The summed E-state index contributed by atoms with van der Waals surface area (Å²) in [4.78, 5) is 0. The first-order valence-electron chi connectivity index (χ1n) is 22.9. The molecular formula is C50H32O. The lowest BCUT2D eigenvalue weighted by Crippen LogP contribution is -1.91. The summed E-state index contributed by atoms with van der Waals surface area (Å²) in [6.45, 7) is 0. The van der Waals surface area contributed by atoms with E-state index in [0.29, 0.717) is 27.5 Å². The van der Waals surface area contributed by atoms with Crippen molar-refractivity contribution in [3.8, 4) is 55.6 Å². The smallest absolute Gasteiger partial charge is 0.136 e. The van der Waals surface area contributed by atoms with Crippen LogP contribution in [0.2, 0.25) is 0 Å². The molecule has 0 fully saturated rings. The van der Waals surface area contributed by atoms with Gasteiger partial charge in [-0.1, -0.05) is 157 Å². The molecule has 1 heteroatoms. The van der Waals surface area contributed by atoms with E-state index in [4.69, 9.17) is 16.8 Å². The number of hydrogen-bond acceptors (Lipinski definition) is 1. The summed E-state index contributed by atoms with van der Waals surface area (Å²) in [5, 5.41) is 0.257. The lowest BCUT2D eigenvalue weighted by atomic mass is 9.85. The molecule has 0 bridgehead atoms. The Bertz CT molecular complexity index is 3470. The van der Waals surface area contributed by atoms with Crippen molar-refractivity contribution in [2.24, 2.45) is 0 Å². The van der Waals surface area contributed by atoms with Crippen LogP contribution in [0, 0.1) is 0 Å². The van der Waals surface area contributed by atoms with Gasteiger partial charge in [0.1, 0.15) is 11.2 Å². The molecule has 0 spiro atoms. The molecule has 0 saturated carbocycles. The highest BCUT2D eigenvalue weighted by molar-refractivity contribution is 6.25. The van der Waals surface area contributed by atoms with Crippen LogP contribution in [0.3, 0.4) is 0 Å². The Morgan fingerprint density at radius 3 is 1.45 bits per heavy atom. The molecule has 0 N–H and O–H groups in total. The van der Waals surface area contributed by atoms with E-state index in [2.05, 4.69) is 18.2 Å². The molecular weight excluding hydrogens is 617 g/mol. The summed E-state index contributed by atoms with van der Waals surface area (Å²) >= 11 is 0. The summed E-state index contributed by atoms with van der Waals surface area (Å²) < 4.78 is 123. The fourth-order valence-electron chi connectivity index (χ4n) is 7.12. The minimum Gasteiger partial charge on any atom is -0.456 e. The summed E-state index contributed by atoms with van der Waals surface area (Å²) in [5.41, 5.74) is 6.22. The summed E-state index contributed by atoms with van der Waals surface area (Å²) in [5.74, 6) is 0. The lowest BCUT2D eigenvalue weighted by molar-refractivity contribution is 0.669. The van der Waals surface area contributed by atoms with Crippen LogP contribution < -0.4 is 0 Å². The van der Waals surface area contributed by atoms with Crippen molar-refractivity contribution < 1.29 is 22.2 Å². The van der Waals surface area contributed by atoms with Gasteiger partial charge in [-0.3, -0.25) is 0 Å². The Morgan fingerprint density at radius 2 is 0.863 bits per heavy atom. The highest BCUT2D eigenvalue weighted by Gasteiger charge is 2.20. The Labute approximate surface area is 315 Å². The second kappa shape index (κ2) is 12.0. The number of benzene rings is 9. The predicted octanol–water partition coefficient (Wildman–Crippen LogP) is 14.2. The SMILES string of the molecule is [2H]c1c([2H])c([2H])c(-c2c3c([2H])c([2H])c([2H])c([2H])c3c(-c3cccc4oc5ccc(-c6cc(-c7ccccc7)cc(-c7ccccc7)c6)cc5c34)c3c([2H])c([2H])c([2H])c([2H])c23)c([2H])c1[2H]. The third kappa shape index (κ3) is 4.94. The van der Waals surface area contributed by atoms with Crippen molar-refractivity contribution in [3.63, 3.8) is 0 Å². The van der Waals surface area contributed by atoms with Gasteiger partial charge in [0.2, 0.25) is 0 Å². The number of hydrogen-bond donors (Lipinski definition) is 0. The van der Waals surface area contributed by atoms with E-state index in [1.165, 1.54) is 0 Å². The van der Waals surface area contributed by atoms with Gasteiger partial charge in [-0.15, -0.1) is 0 Å². The molecule has 10 rings (SSSR count). The molecule has 1 heterocycles. The van der Waals surface area contributed by atoms with Crippen LogP contribution in [0.4, 0.5) is 0 Å². The molecule has 0 saturated heterocycles. The van der Waals surface area contributed by atoms with E-state index in [-0.39, 0.29) is 32.7 Å². The fourth-order valence-corrected chi connectivity index (χ4v) is 7.12. The third-order valence-electron chi connectivity index (χ3n) is 9.37. The fraction of sp³-hybridized carbons (Fsp3) is 0. The van der Waals surface area contributed by atoms with Gasteiger partial charge < -0.3 is 4.42 Å². The van der Waals surface area contributed by atoms with E-state index in [1.54, 1.807) is 18.2 Å². The van der Waals surface area contributed by atoms with Gasteiger partial charge in [-0.05, 0) is 114 Å². The van der Waals surface area contributed by atoms with Gasteiger partial charge in [-0.25, -0.2) is 0 Å². The quantitative estimate of drug-likeness (QED) is 0.167. The molecule has 10 aromatic rings. The van der Waals surface area contributed by atoms with Gasteiger partial charge in [-0.2, -0.15) is 0 Å². The Balaban J connectivity index is 1.37. The van der Waals surface area contributed by atoms with Crippen molar-refractivity contribution in [1.29, 1.82) is 0 Å². The number of fused-ring (bicyclic) bond motifs is 5.